The predicted molar refractivity (Wildman–Crippen MR) is 67.6 cm³/mol. The number of carbonyl (C=O) groups is 1. The second kappa shape index (κ2) is 4.97. The first-order valence-corrected chi connectivity index (χ1v) is 6.90. The van der Waals surface area contributed by atoms with Gasteiger partial charge in [0, 0.05) is 5.56 Å². The first-order chi connectivity index (χ1) is 9.31. The maximum absolute atomic E-state index is 13.3. The number of hydrogen-bond donors (Lipinski definition) is 2. The Morgan fingerprint density at radius 3 is 2.60 bits per heavy atom. The van der Waals surface area contributed by atoms with E-state index in [4.69, 9.17) is 9.52 Å². The monoisotopic (exact) mass is 299 g/mol. The van der Waals surface area contributed by atoms with Gasteiger partial charge in [0.2, 0.25) is 10.9 Å². The van der Waals surface area contributed by atoms with E-state index < -0.39 is 32.7 Å². The Balaban J connectivity index is 2.35. The van der Waals surface area contributed by atoms with Crippen molar-refractivity contribution in [2.45, 2.75) is 12.0 Å². The van der Waals surface area contributed by atoms with Crippen molar-refractivity contribution in [3.05, 3.63) is 47.5 Å². The number of anilines is 1. The smallest absolute Gasteiger partial charge is 0.371 e. The minimum atomic E-state index is -4.11. The molecule has 0 aliphatic heterocycles. The van der Waals surface area contributed by atoms with E-state index in [0.717, 1.165) is 12.1 Å². The number of aromatic carboxylic acids is 1. The molecule has 0 aliphatic carbocycles. The average molecular weight is 299 g/mol. The number of hydrogen-bond acceptors (Lipinski definition) is 4. The topological polar surface area (TPSA) is 96.6 Å². The van der Waals surface area contributed by atoms with E-state index in [1.807, 2.05) is 0 Å². The fourth-order valence-electron chi connectivity index (χ4n) is 1.49. The van der Waals surface area contributed by atoms with Crippen LogP contribution in [0.25, 0.3) is 0 Å². The van der Waals surface area contributed by atoms with Gasteiger partial charge >= 0.3 is 5.97 Å². The summed E-state index contributed by atoms with van der Waals surface area (Å²) in [6, 6.07) is 5.97. The van der Waals surface area contributed by atoms with Gasteiger partial charge in [-0.25, -0.2) is 9.18 Å². The van der Waals surface area contributed by atoms with Crippen LogP contribution in [0.1, 0.15) is 16.1 Å². The van der Waals surface area contributed by atoms with E-state index in [9.17, 15) is 17.6 Å². The van der Waals surface area contributed by atoms with Crippen LogP contribution in [0.3, 0.4) is 0 Å². The molecule has 1 aromatic carbocycles. The Kier molecular flexibility index (Phi) is 3.49. The molecule has 0 aliphatic rings. The summed E-state index contributed by atoms with van der Waals surface area (Å²) in [4.78, 5) is 10.6. The number of rotatable bonds is 4. The summed E-state index contributed by atoms with van der Waals surface area (Å²) >= 11 is 0. The Hall–Kier alpha value is -2.35. The molecule has 20 heavy (non-hydrogen) atoms. The molecule has 2 aromatic rings. The normalized spacial score (nSPS) is 11.3. The number of carboxylic acid groups (broad SMARTS) is 1. The van der Waals surface area contributed by atoms with Gasteiger partial charge < -0.3 is 9.52 Å². The van der Waals surface area contributed by atoms with E-state index in [0.29, 0.717) is 0 Å². The lowest BCUT2D eigenvalue weighted by atomic mass is 10.2. The molecule has 1 aromatic heterocycles. The van der Waals surface area contributed by atoms with Gasteiger partial charge in [-0.15, -0.1) is 0 Å². The molecule has 0 bridgehead atoms. The maximum atomic E-state index is 13.3. The molecule has 2 rings (SSSR count). The molecule has 106 valence electrons. The van der Waals surface area contributed by atoms with E-state index in [1.165, 1.54) is 25.1 Å². The molecule has 0 unspecified atom stereocenters. The molecule has 8 heteroatoms. The highest BCUT2D eigenvalue weighted by Gasteiger charge is 2.22. The summed E-state index contributed by atoms with van der Waals surface area (Å²) in [5, 5.41) is 8.12. The third-order valence-corrected chi connectivity index (χ3v) is 3.81. The summed E-state index contributed by atoms with van der Waals surface area (Å²) in [7, 11) is -4.11. The van der Waals surface area contributed by atoms with Crippen molar-refractivity contribution in [3.8, 4) is 0 Å². The first-order valence-electron chi connectivity index (χ1n) is 5.42. The number of benzene rings is 1. The lowest BCUT2D eigenvalue weighted by Gasteiger charge is -2.08. The van der Waals surface area contributed by atoms with Gasteiger partial charge in [0.1, 0.15) is 5.82 Å². The van der Waals surface area contributed by atoms with Crippen LogP contribution < -0.4 is 4.72 Å². The molecule has 0 atom stereocenters. The van der Waals surface area contributed by atoms with Crippen LogP contribution in [0, 0.1) is 12.7 Å². The minimum Gasteiger partial charge on any atom is -0.475 e. The summed E-state index contributed by atoms with van der Waals surface area (Å²) in [6.07, 6.45) is 0. The van der Waals surface area contributed by atoms with Gasteiger partial charge in [-0.1, -0.05) is 6.07 Å². The zero-order valence-electron chi connectivity index (χ0n) is 10.3. The van der Waals surface area contributed by atoms with Crippen LogP contribution in [0.4, 0.5) is 10.1 Å². The number of halogens is 1. The van der Waals surface area contributed by atoms with Gasteiger partial charge in [-0.2, -0.15) is 8.42 Å². The van der Waals surface area contributed by atoms with Crippen LogP contribution in [-0.2, 0) is 10.0 Å². The second-order valence-electron chi connectivity index (χ2n) is 3.94. The molecular weight excluding hydrogens is 289 g/mol. The molecule has 0 fully saturated rings. The van der Waals surface area contributed by atoms with Crippen molar-refractivity contribution in [2.75, 3.05) is 4.72 Å². The third kappa shape index (κ3) is 2.64. The Bertz CT molecular complexity index is 766. The van der Waals surface area contributed by atoms with Crippen molar-refractivity contribution in [1.29, 1.82) is 0 Å². The number of sulfonamides is 1. The summed E-state index contributed by atoms with van der Waals surface area (Å²) < 4.78 is 44.1. The SMILES string of the molecule is Cc1c(F)cccc1NS(=O)(=O)c1ccc(C(=O)O)o1. The second-order valence-corrected chi connectivity index (χ2v) is 5.56. The number of furan rings is 1. The van der Waals surface area contributed by atoms with Crippen LogP contribution >= 0.6 is 0 Å². The number of nitrogens with one attached hydrogen (secondary N) is 1. The summed E-state index contributed by atoms with van der Waals surface area (Å²) in [6.45, 7) is 1.41. The highest BCUT2D eigenvalue weighted by molar-refractivity contribution is 7.92. The van der Waals surface area contributed by atoms with Gasteiger partial charge in [-0.05, 0) is 31.2 Å². The van der Waals surface area contributed by atoms with Crippen LogP contribution in [0.5, 0.6) is 0 Å². The fraction of sp³-hybridized carbons (Fsp3) is 0.0833. The standard InChI is InChI=1S/C12H10FNO5S/c1-7-8(13)3-2-4-9(7)14-20(17,18)11-6-5-10(19-11)12(15)16/h2-6,14H,1H3,(H,15,16). The average Bonchev–Trinajstić information content (AvgIpc) is 2.85. The molecule has 1 heterocycles. The highest BCUT2D eigenvalue weighted by atomic mass is 32.2. The van der Waals surface area contributed by atoms with Crippen LogP contribution in [0.2, 0.25) is 0 Å². The van der Waals surface area contributed by atoms with Crippen LogP contribution in [0.15, 0.2) is 39.8 Å². The van der Waals surface area contributed by atoms with E-state index >= 15 is 0 Å². The first kappa shape index (κ1) is 14.1. The predicted octanol–water partition coefficient (Wildman–Crippen LogP) is 2.23. The van der Waals surface area contributed by atoms with E-state index in [-0.39, 0.29) is 11.3 Å². The zero-order valence-corrected chi connectivity index (χ0v) is 11.1. The van der Waals surface area contributed by atoms with Gasteiger partial charge in [0.25, 0.3) is 10.0 Å². The summed E-state index contributed by atoms with van der Waals surface area (Å²) in [5.41, 5.74) is 0.180. The van der Waals surface area contributed by atoms with Crippen molar-refractivity contribution < 1.29 is 27.1 Å². The largest absolute Gasteiger partial charge is 0.475 e. The Morgan fingerprint density at radius 1 is 1.30 bits per heavy atom. The zero-order chi connectivity index (χ0) is 14.9. The van der Waals surface area contributed by atoms with Crippen molar-refractivity contribution >= 4 is 21.7 Å². The van der Waals surface area contributed by atoms with Gasteiger partial charge in [-0.3, -0.25) is 4.72 Å². The fourth-order valence-corrected chi connectivity index (χ4v) is 2.55. The molecule has 0 spiro atoms. The highest BCUT2D eigenvalue weighted by Crippen LogP contribution is 2.22. The van der Waals surface area contributed by atoms with Crippen molar-refractivity contribution in [2.24, 2.45) is 0 Å². The molecular formula is C12H10FNO5S. The number of carboxylic acids is 1. The third-order valence-electron chi connectivity index (χ3n) is 2.57. The molecule has 0 saturated heterocycles. The molecule has 0 amide bonds. The molecule has 0 radical (unpaired) electrons. The molecule has 0 saturated carbocycles. The lowest BCUT2D eigenvalue weighted by Crippen LogP contribution is -2.13. The van der Waals surface area contributed by atoms with Gasteiger partial charge in [0.15, 0.2) is 0 Å². The summed E-state index contributed by atoms with van der Waals surface area (Å²) in [5.74, 6) is -2.44. The molecule has 6 nitrogen and oxygen atoms in total. The van der Waals surface area contributed by atoms with Crippen molar-refractivity contribution in [1.82, 2.24) is 0 Å². The molecule has 2 N–H and O–H groups in total. The lowest BCUT2D eigenvalue weighted by molar-refractivity contribution is 0.0656. The van der Waals surface area contributed by atoms with Gasteiger partial charge in [0.05, 0.1) is 5.69 Å². The Labute approximate surface area is 113 Å². The Morgan fingerprint density at radius 2 is 2.00 bits per heavy atom. The van der Waals surface area contributed by atoms with E-state index in [2.05, 4.69) is 4.72 Å². The van der Waals surface area contributed by atoms with Crippen LogP contribution in [-0.4, -0.2) is 19.5 Å². The van der Waals surface area contributed by atoms with E-state index in [1.54, 1.807) is 0 Å². The van der Waals surface area contributed by atoms with Crippen molar-refractivity contribution in [3.63, 3.8) is 0 Å². The maximum Gasteiger partial charge on any atom is 0.371 e. The minimum absolute atomic E-state index is 0.0540. The quantitative estimate of drug-likeness (QED) is 0.902.